The van der Waals surface area contributed by atoms with Crippen LogP contribution in [0.15, 0.2) is 18.2 Å². The van der Waals surface area contributed by atoms with E-state index in [9.17, 15) is 14.4 Å². The molecular formula is C16H21NO8. The van der Waals surface area contributed by atoms with Gasteiger partial charge in [0.1, 0.15) is 13.2 Å². The molecule has 0 radical (unpaired) electrons. The summed E-state index contributed by atoms with van der Waals surface area (Å²) >= 11 is 0. The summed E-state index contributed by atoms with van der Waals surface area (Å²) in [7, 11) is 2.55. The first-order valence-electron chi connectivity index (χ1n) is 7.39. The van der Waals surface area contributed by atoms with Gasteiger partial charge in [-0.2, -0.15) is 0 Å². The van der Waals surface area contributed by atoms with E-state index >= 15 is 0 Å². The summed E-state index contributed by atoms with van der Waals surface area (Å²) in [5.74, 6) is -1.32. The second-order valence-corrected chi connectivity index (χ2v) is 4.98. The fourth-order valence-corrected chi connectivity index (χ4v) is 1.97. The Bertz CT molecular complexity index is 566. The molecule has 0 spiro atoms. The van der Waals surface area contributed by atoms with E-state index in [1.165, 1.54) is 14.2 Å². The summed E-state index contributed by atoms with van der Waals surface area (Å²) in [5, 5.41) is 10.8. The Balaban J connectivity index is 2.82. The minimum absolute atomic E-state index is 0.00127. The Morgan fingerprint density at radius 1 is 0.960 bits per heavy atom. The van der Waals surface area contributed by atoms with E-state index in [0.717, 1.165) is 0 Å². The number of benzene rings is 1. The first kappa shape index (κ1) is 20.6. The van der Waals surface area contributed by atoms with Gasteiger partial charge in [-0.3, -0.25) is 19.6 Å². The number of nitrogens with one attached hydrogen (secondary N) is 1. The molecule has 1 rings (SSSR count). The van der Waals surface area contributed by atoms with Crippen molar-refractivity contribution in [3.05, 3.63) is 29.3 Å². The number of methoxy groups -OCH3 is 2. The van der Waals surface area contributed by atoms with Crippen LogP contribution in [0.4, 0.5) is 5.69 Å². The fraction of sp³-hybridized carbons (Fsp3) is 0.438. The lowest BCUT2D eigenvalue weighted by atomic mass is 10.0. The summed E-state index contributed by atoms with van der Waals surface area (Å²) in [6, 6.07) is 4.87. The van der Waals surface area contributed by atoms with Crippen molar-refractivity contribution in [1.82, 2.24) is 0 Å². The van der Waals surface area contributed by atoms with Gasteiger partial charge in [0, 0.05) is 5.69 Å². The van der Waals surface area contributed by atoms with Gasteiger partial charge in [-0.25, -0.2) is 4.89 Å². The quantitative estimate of drug-likeness (QED) is 0.270. The molecule has 1 aromatic rings. The molecule has 0 heterocycles. The first-order valence-corrected chi connectivity index (χ1v) is 7.39. The van der Waals surface area contributed by atoms with Gasteiger partial charge < -0.3 is 19.5 Å². The fourth-order valence-electron chi connectivity index (χ4n) is 1.97. The number of hydrogen-bond acceptors (Lipinski definition) is 8. The van der Waals surface area contributed by atoms with Crippen LogP contribution in [-0.4, -0.2) is 57.1 Å². The summed E-state index contributed by atoms with van der Waals surface area (Å²) in [6.07, 6.45) is -0.00254. The van der Waals surface area contributed by atoms with E-state index in [0.29, 0.717) is 16.8 Å². The Morgan fingerprint density at radius 3 is 2.00 bits per heavy atom. The van der Waals surface area contributed by atoms with Crippen LogP contribution in [0, 0.1) is 0 Å². The lowest BCUT2D eigenvalue weighted by Gasteiger charge is -2.11. The zero-order valence-corrected chi connectivity index (χ0v) is 14.1. The third-order valence-corrected chi connectivity index (χ3v) is 3.04. The van der Waals surface area contributed by atoms with Gasteiger partial charge in [0.2, 0.25) is 5.91 Å². The molecule has 2 N–H and O–H groups in total. The van der Waals surface area contributed by atoms with Gasteiger partial charge >= 0.3 is 11.9 Å². The standard InChI is InChI=1S/C16H21NO8/c1-22-15(19)8-11-5-12(9-16(20)23-2)7-13(6-11)17-14(18)10-24-3-4-25-21/h5-7,21H,3-4,8-10H2,1-2H3,(H,17,18). The van der Waals surface area contributed by atoms with E-state index in [4.69, 9.17) is 9.99 Å². The van der Waals surface area contributed by atoms with E-state index in [-0.39, 0.29) is 32.7 Å². The molecule has 0 saturated carbocycles. The second-order valence-electron chi connectivity index (χ2n) is 4.98. The van der Waals surface area contributed by atoms with Crippen molar-refractivity contribution in [1.29, 1.82) is 0 Å². The SMILES string of the molecule is COC(=O)Cc1cc(CC(=O)OC)cc(NC(=O)COCCOO)c1. The van der Waals surface area contributed by atoms with E-state index in [2.05, 4.69) is 19.7 Å². The molecule has 1 amide bonds. The second kappa shape index (κ2) is 11.1. The molecule has 0 fully saturated rings. The third-order valence-electron chi connectivity index (χ3n) is 3.04. The van der Waals surface area contributed by atoms with Crippen LogP contribution < -0.4 is 5.32 Å². The number of anilines is 1. The predicted octanol–water partition coefficient (Wildman–Crippen LogP) is 0.562. The van der Waals surface area contributed by atoms with Gasteiger partial charge in [-0.05, 0) is 23.3 Å². The zero-order chi connectivity index (χ0) is 18.7. The van der Waals surface area contributed by atoms with Crippen molar-refractivity contribution in [3.63, 3.8) is 0 Å². The Morgan fingerprint density at radius 2 is 1.52 bits per heavy atom. The van der Waals surface area contributed by atoms with Crippen molar-refractivity contribution in [2.24, 2.45) is 0 Å². The maximum absolute atomic E-state index is 11.8. The highest BCUT2D eigenvalue weighted by Gasteiger charge is 2.11. The van der Waals surface area contributed by atoms with Crippen molar-refractivity contribution in [2.45, 2.75) is 12.8 Å². The monoisotopic (exact) mass is 355 g/mol. The van der Waals surface area contributed by atoms with Gasteiger partial charge in [0.15, 0.2) is 0 Å². The molecular weight excluding hydrogens is 334 g/mol. The maximum atomic E-state index is 11.8. The van der Waals surface area contributed by atoms with E-state index < -0.39 is 17.8 Å². The molecule has 138 valence electrons. The van der Waals surface area contributed by atoms with Crippen molar-refractivity contribution in [2.75, 3.05) is 39.4 Å². The Labute approximate surface area is 144 Å². The normalized spacial score (nSPS) is 10.2. The minimum Gasteiger partial charge on any atom is -0.469 e. The van der Waals surface area contributed by atoms with Gasteiger partial charge in [-0.15, -0.1) is 0 Å². The number of amides is 1. The van der Waals surface area contributed by atoms with Gasteiger partial charge in [0.25, 0.3) is 0 Å². The van der Waals surface area contributed by atoms with Crippen LogP contribution in [0.3, 0.4) is 0 Å². The Kier molecular flexibility index (Phi) is 9.15. The summed E-state index contributed by atoms with van der Waals surface area (Å²) in [4.78, 5) is 38.6. The number of ether oxygens (including phenoxy) is 3. The molecule has 0 atom stereocenters. The van der Waals surface area contributed by atoms with Gasteiger partial charge in [0.05, 0.1) is 33.7 Å². The molecule has 0 unspecified atom stereocenters. The summed E-state index contributed by atoms with van der Waals surface area (Å²) < 4.78 is 14.2. The van der Waals surface area contributed by atoms with E-state index in [1.54, 1.807) is 18.2 Å². The number of rotatable bonds is 10. The molecule has 9 heteroatoms. The summed E-state index contributed by atoms with van der Waals surface area (Å²) in [6.45, 7) is -0.234. The van der Waals surface area contributed by atoms with Crippen LogP contribution >= 0.6 is 0 Å². The van der Waals surface area contributed by atoms with Crippen molar-refractivity contribution < 1.29 is 38.7 Å². The minimum atomic E-state index is -0.445. The van der Waals surface area contributed by atoms with E-state index in [1.807, 2.05) is 0 Å². The van der Waals surface area contributed by atoms with Crippen LogP contribution in [0.5, 0.6) is 0 Å². The van der Waals surface area contributed by atoms with Crippen LogP contribution in [0.25, 0.3) is 0 Å². The lowest BCUT2D eigenvalue weighted by molar-refractivity contribution is -0.248. The highest BCUT2D eigenvalue weighted by molar-refractivity contribution is 5.92. The highest BCUT2D eigenvalue weighted by atomic mass is 17.1. The molecule has 0 aromatic heterocycles. The maximum Gasteiger partial charge on any atom is 0.309 e. The average Bonchev–Trinajstić information content (AvgIpc) is 2.58. The van der Waals surface area contributed by atoms with Crippen LogP contribution in [-0.2, 0) is 46.3 Å². The molecule has 0 aliphatic rings. The Hall–Kier alpha value is -2.49. The lowest BCUT2D eigenvalue weighted by Crippen LogP contribution is -2.20. The summed E-state index contributed by atoms with van der Waals surface area (Å²) in [5.41, 5.74) is 1.57. The zero-order valence-electron chi connectivity index (χ0n) is 14.1. The van der Waals surface area contributed by atoms with Crippen molar-refractivity contribution >= 4 is 23.5 Å². The van der Waals surface area contributed by atoms with Crippen molar-refractivity contribution in [3.8, 4) is 0 Å². The largest absolute Gasteiger partial charge is 0.469 e. The molecule has 25 heavy (non-hydrogen) atoms. The molecule has 0 aliphatic carbocycles. The molecule has 0 aliphatic heterocycles. The number of hydrogen-bond donors (Lipinski definition) is 2. The third kappa shape index (κ3) is 8.25. The number of carbonyl (C=O) groups is 3. The smallest absolute Gasteiger partial charge is 0.309 e. The molecule has 9 nitrogen and oxygen atoms in total. The van der Waals surface area contributed by atoms with Crippen LogP contribution in [0.1, 0.15) is 11.1 Å². The van der Waals surface area contributed by atoms with Gasteiger partial charge in [-0.1, -0.05) is 6.07 Å². The molecule has 1 aromatic carbocycles. The highest BCUT2D eigenvalue weighted by Crippen LogP contribution is 2.17. The topological polar surface area (TPSA) is 120 Å². The van der Waals surface area contributed by atoms with Crippen LogP contribution in [0.2, 0.25) is 0 Å². The molecule has 0 bridgehead atoms. The number of esters is 2. The first-order chi connectivity index (χ1) is 12.0. The number of carbonyl (C=O) groups excluding carboxylic acids is 3. The predicted molar refractivity (Wildman–Crippen MR) is 85.9 cm³/mol. The average molecular weight is 355 g/mol. The molecule has 0 saturated heterocycles.